The number of halogens is 1. The van der Waals surface area contributed by atoms with E-state index in [1.807, 2.05) is 0 Å². The minimum Gasteiger partial charge on any atom is -0.495 e. The molecule has 2 aromatic rings. The molecule has 1 atom stereocenters. The van der Waals surface area contributed by atoms with Crippen molar-refractivity contribution in [1.29, 1.82) is 0 Å². The van der Waals surface area contributed by atoms with Gasteiger partial charge in [0, 0.05) is 24.0 Å². The SMILES string of the molecule is COc1ccc(Cl)cc1S(=O)(=O)N1CCCC(Oc2ncccn2)C1. The highest BCUT2D eigenvalue weighted by atomic mass is 35.5. The van der Waals surface area contributed by atoms with Gasteiger partial charge in [-0.15, -0.1) is 0 Å². The first-order valence-corrected chi connectivity index (χ1v) is 9.60. The summed E-state index contributed by atoms with van der Waals surface area (Å²) in [7, 11) is -2.32. The lowest BCUT2D eigenvalue weighted by molar-refractivity contribution is 0.119. The third kappa shape index (κ3) is 4.02. The predicted molar refractivity (Wildman–Crippen MR) is 92.4 cm³/mol. The smallest absolute Gasteiger partial charge is 0.316 e. The van der Waals surface area contributed by atoms with E-state index in [2.05, 4.69) is 9.97 Å². The van der Waals surface area contributed by atoms with Crippen LogP contribution in [0.3, 0.4) is 0 Å². The molecule has 2 heterocycles. The van der Waals surface area contributed by atoms with E-state index in [0.29, 0.717) is 18.0 Å². The minimum atomic E-state index is -3.75. The number of rotatable bonds is 5. The molecule has 1 aliphatic heterocycles. The summed E-state index contributed by atoms with van der Waals surface area (Å²) in [4.78, 5) is 8.09. The van der Waals surface area contributed by atoms with Gasteiger partial charge in [-0.05, 0) is 37.1 Å². The summed E-state index contributed by atoms with van der Waals surface area (Å²) in [5, 5.41) is 0.335. The van der Waals surface area contributed by atoms with Crippen molar-refractivity contribution in [2.24, 2.45) is 0 Å². The predicted octanol–water partition coefficient (Wildman–Crippen LogP) is 2.37. The summed E-state index contributed by atoms with van der Waals surface area (Å²) in [5.41, 5.74) is 0. The molecule has 0 spiro atoms. The number of methoxy groups -OCH3 is 1. The third-order valence-electron chi connectivity index (χ3n) is 3.90. The quantitative estimate of drug-likeness (QED) is 0.788. The zero-order valence-electron chi connectivity index (χ0n) is 13.6. The van der Waals surface area contributed by atoms with Crippen molar-refractivity contribution in [3.05, 3.63) is 41.7 Å². The molecule has 1 saturated heterocycles. The van der Waals surface area contributed by atoms with Crippen LogP contribution in [-0.2, 0) is 10.0 Å². The number of benzene rings is 1. The third-order valence-corrected chi connectivity index (χ3v) is 6.02. The molecule has 9 heteroatoms. The number of hydrogen-bond acceptors (Lipinski definition) is 6. The monoisotopic (exact) mass is 383 g/mol. The van der Waals surface area contributed by atoms with Crippen molar-refractivity contribution in [3.63, 3.8) is 0 Å². The van der Waals surface area contributed by atoms with Gasteiger partial charge in [0.15, 0.2) is 0 Å². The van der Waals surface area contributed by atoms with Crippen LogP contribution in [0.4, 0.5) is 0 Å². The number of aromatic nitrogens is 2. The Bertz CT molecular complexity index is 833. The minimum absolute atomic E-state index is 0.0547. The first-order chi connectivity index (χ1) is 12.0. The van der Waals surface area contributed by atoms with Crippen molar-refractivity contribution in [2.45, 2.75) is 23.8 Å². The van der Waals surface area contributed by atoms with Gasteiger partial charge in [-0.2, -0.15) is 4.31 Å². The lowest BCUT2D eigenvalue weighted by atomic mass is 10.1. The summed E-state index contributed by atoms with van der Waals surface area (Å²) in [5.74, 6) is 0.263. The molecule has 0 bridgehead atoms. The molecule has 1 aliphatic rings. The van der Waals surface area contributed by atoms with E-state index < -0.39 is 10.0 Å². The van der Waals surface area contributed by atoms with E-state index in [4.69, 9.17) is 21.1 Å². The van der Waals surface area contributed by atoms with Gasteiger partial charge in [0.2, 0.25) is 10.0 Å². The maximum absolute atomic E-state index is 13.0. The van der Waals surface area contributed by atoms with Crippen LogP contribution in [0.25, 0.3) is 0 Å². The van der Waals surface area contributed by atoms with Crippen LogP contribution >= 0.6 is 11.6 Å². The lowest BCUT2D eigenvalue weighted by Gasteiger charge is -2.31. The Labute approximate surface area is 151 Å². The molecule has 1 aromatic heterocycles. The van der Waals surface area contributed by atoms with E-state index in [9.17, 15) is 8.42 Å². The van der Waals surface area contributed by atoms with Crippen molar-refractivity contribution < 1.29 is 17.9 Å². The van der Waals surface area contributed by atoms with Crippen molar-refractivity contribution >= 4 is 21.6 Å². The highest BCUT2D eigenvalue weighted by Gasteiger charge is 2.33. The summed E-state index contributed by atoms with van der Waals surface area (Å²) in [6.07, 6.45) is 4.26. The Morgan fingerprint density at radius 1 is 1.28 bits per heavy atom. The van der Waals surface area contributed by atoms with E-state index in [1.54, 1.807) is 30.6 Å². The topological polar surface area (TPSA) is 81.6 Å². The molecule has 134 valence electrons. The Morgan fingerprint density at radius 2 is 2.04 bits per heavy atom. The van der Waals surface area contributed by atoms with Crippen LogP contribution in [0.5, 0.6) is 11.8 Å². The van der Waals surface area contributed by atoms with Gasteiger partial charge in [-0.25, -0.2) is 18.4 Å². The van der Waals surface area contributed by atoms with Gasteiger partial charge in [0.25, 0.3) is 0 Å². The fraction of sp³-hybridized carbons (Fsp3) is 0.375. The van der Waals surface area contributed by atoms with E-state index >= 15 is 0 Å². The average molecular weight is 384 g/mol. The number of hydrogen-bond donors (Lipinski definition) is 0. The number of piperidine rings is 1. The van der Waals surface area contributed by atoms with Gasteiger partial charge in [0.1, 0.15) is 16.7 Å². The summed E-state index contributed by atoms with van der Waals surface area (Å²) >= 11 is 5.98. The van der Waals surface area contributed by atoms with E-state index in [1.165, 1.54) is 17.5 Å². The van der Waals surface area contributed by atoms with Crippen LogP contribution in [0.2, 0.25) is 5.02 Å². The fourth-order valence-electron chi connectivity index (χ4n) is 2.71. The molecule has 0 aliphatic carbocycles. The van der Waals surface area contributed by atoms with Gasteiger partial charge >= 0.3 is 6.01 Å². The second-order valence-electron chi connectivity index (χ2n) is 5.57. The molecular weight excluding hydrogens is 366 g/mol. The molecule has 1 unspecified atom stereocenters. The molecule has 3 rings (SSSR count). The van der Waals surface area contributed by atoms with Crippen LogP contribution < -0.4 is 9.47 Å². The standard InChI is InChI=1S/C16H18ClN3O4S/c1-23-14-6-5-12(17)10-15(14)25(21,22)20-9-2-4-13(11-20)24-16-18-7-3-8-19-16/h3,5-8,10,13H,2,4,9,11H2,1H3. The maximum atomic E-state index is 13.0. The Kier molecular flexibility index (Phi) is 5.41. The average Bonchev–Trinajstić information content (AvgIpc) is 2.63. The Hall–Kier alpha value is -1.90. The normalized spacial score (nSPS) is 18.7. The zero-order valence-corrected chi connectivity index (χ0v) is 15.2. The van der Waals surface area contributed by atoms with Crippen LogP contribution in [0, 0.1) is 0 Å². The molecule has 0 saturated carbocycles. The maximum Gasteiger partial charge on any atom is 0.316 e. The number of ether oxygens (including phenoxy) is 2. The zero-order chi connectivity index (χ0) is 17.9. The first kappa shape index (κ1) is 17.9. The van der Waals surface area contributed by atoms with Gasteiger partial charge in [-0.3, -0.25) is 0 Å². The molecule has 1 fully saturated rings. The van der Waals surface area contributed by atoms with Gasteiger partial charge in [-0.1, -0.05) is 11.6 Å². The van der Waals surface area contributed by atoms with Crippen LogP contribution in [0.1, 0.15) is 12.8 Å². The number of sulfonamides is 1. The first-order valence-electron chi connectivity index (χ1n) is 7.78. The Morgan fingerprint density at radius 3 is 2.76 bits per heavy atom. The lowest BCUT2D eigenvalue weighted by Crippen LogP contribution is -2.44. The molecular formula is C16H18ClN3O4S. The van der Waals surface area contributed by atoms with Crippen LogP contribution in [-0.4, -0.2) is 49.0 Å². The molecule has 1 aromatic carbocycles. The molecule has 0 amide bonds. The van der Waals surface area contributed by atoms with Gasteiger partial charge < -0.3 is 9.47 Å². The highest BCUT2D eigenvalue weighted by molar-refractivity contribution is 7.89. The summed E-state index contributed by atoms with van der Waals surface area (Å²) in [6.45, 7) is 0.629. The molecule has 7 nitrogen and oxygen atoms in total. The van der Waals surface area contributed by atoms with Crippen LogP contribution in [0.15, 0.2) is 41.6 Å². The summed E-state index contributed by atoms with van der Waals surface area (Å²) in [6, 6.07) is 6.47. The van der Waals surface area contributed by atoms with Crippen molar-refractivity contribution in [1.82, 2.24) is 14.3 Å². The van der Waals surface area contributed by atoms with E-state index in [0.717, 1.165) is 6.42 Å². The second kappa shape index (κ2) is 7.55. The largest absolute Gasteiger partial charge is 0.495 e. The second-order valence-corrected chi connectivity index (χ2v) is 7.91. The number of nitrogens with zero attached hydrogens (tertiary/aromatic N) is 3. The highest BCUT2D eigenvalue weighted by Crippen LogP contribution is 2.31. The molecule has 0 radical (unpaired) electrons. The molecule has 0 N–H and O–H groups in total. The summed E-state index contributed by atoms with van der Waals surface area (Å²) < 4.78 is 38.3. The van der Waals surface area contributed by atoms with E-state index in [-0.39, 0.29) is 29.3 Å². The molecule has 25 heavy (non-hydrogen) atoms. The van der Waals surface area contributed by atoms with Gasteiger partial charge in [0.05, 0.1) is 13.7 Å². The van der Waals surface area contributed by atoms with Crippen molar-refractivity contribution in [2.75, 3.05) is 20.2 Å². The fourth-order valence-corrected chi connectivity index (χ4v) is 4.63. The Balaban J connectivity index is 1.81. The van der Waals surface area contributed by atoms with Crippen molar-refractivity contribution in [3.8, 4) is 11.8 Å².